The molecule has 0 aliphatic carbocycles. The van der Waals surface area contributed by atoms with Gasteiger partial charge >= 0.3 is 0 Å². The molecule has 0 spiro atoms. The van der Waals surface area contributed by atoms with E-state index in [0.29, 0.717) is 5.56 Å². The third-order valence-corrected chi connectivity index (χ3v) is 8.24. The summed E-state index contributed by atoms with van der Waals surface area (Å²) in [6.07, 6.45) is 4.58. The summed E-state index contributed by atoms with van der Waals surface area (Å²) in [7, 11) is -2.93. The number of amides is 1. The minimum absolute atomic E-state index is 0.0337. The molecule has 2 atom stereocenters. The lowest BCUT2D eigenvalue weighted by Crippen LogP contribution is -2.31. The first-order valence-electron chi connectivity index (χ1n) is 9.11. The lowest BCUT2D eigenvalue weighted by molar-refractivity contribution is 0.0761. The molecule has 1 aromatic carbocycles. The SMILES string of the molecule is O=C(c1ccc(NC2=N[C@@H]3CS(=O)(=O)C[C@H]3S2)cc1)N1CCCCCC1. The Labute approximate surface area is 158 Å². The van der Waals surface area contributed by atoms with Crippen molar-refractivity contribution < 1.29 is 13.2 Å². The van der Waals surface area contributed by atoms with Crippen molar-refractivity contribution in [1.82, 2.24) is 4.90 Å². The molecule has 1 amide bonds. The number of anilines is 1. The number of carbonyl (C=O) groups is 1. The van der Waals surface area contributed by atoms with Crippen molar-refractivity contribution in [2.75, 3.05) is 29.9 Å². The summed E-state index contributed by atoms with van der Waals surface area (Å²) < 4.78 is 23.2. The van der Waals surface area contributed by atoms with Gasteiger partial charge in [-0.05, 0) is 37.1 Å². The van der Waals surface area contributed by atoms with Crippen LogP contribution in [0.15, 0.2) is 29.3 Å². The van der Waals surface area contributed by atoms with E-state index in [1.54, 1.807) is 0 Å². The second-order valence-corrected chi connectivity index (χ2v) is 10.5. The van der Waals surface area contributed by atoms with Crippen molar-refractivity contribution in [3.05, 3.63) is 29.8 Å². The second kappa shape index (κ2) is 7.23. The molecular weight excluding hydrogens is 370 g/mol. The zero-order chi connectivity index (χ0) is 18.1. The molecule has 0 saturated carbocycles. The van der Waals surface area contributed by atoms with Crippen LogP contribution in [0, 0.1) is 0 Å². The van der Waals surface area contributed by atoms with Crippen LogP contribution in [0.4, 0.5) is 5.69 Å². The molecule has 1 aromatic rings. The summed E-state index contributed by atoms with van der Waals surface area (Å²) in [5.74, 6) is 0.463. The Morgan fingerprint density at radius 2 is 1.77 bits per heavy atom. The standard InChI is InChI=1S/C18H23N3O3S2/c22-17(21-9-3-1-2-4-10-21)13-5-7-14(8-6-13)19-18-20-15-11-26(23,24)12-16(15)25-18/h5-8,15-16H,1-4,9-12H2,(H,19,20)/t15-,16-/m1/s1. The third-order valence-electron chi connectivity index (χ3n) is 5.09. The number of hydrogen-bond acceptors (Lipinski definition) is 6. The van der Waals surface area contributed by atoms with Gasteiger partial charge < -0.3 is 10.2 Å². The van der Waals surface area contributed by atoms with Gasteiger partial charge in [0.2, 0.25) is 0 Å². The smallest absolute Gasteiger partial charge is 0.253 e. The Balaban J connectivity index is 1.38. The largest absolute Gasteiger partial charge is 0.339 e. The van der Waals surface area contributed by atoms with Crippen molar-refractivity contribution in [2.24, 2.45) is 4.99 Å². The van der Waals surface area contributed by atoms with Crippen molar-refractivity contribution in [1.29, 1.82) is 0 Å². The van der Waals surface area contributed by atoms with Crippen molar-refractivity contribution in [3.63, 3.8) is 0 Å². The molecule has 3 aliphatic rings. The van der Waals surface area contributed by atoms with Crippen molar-refractivity contribution in [2.45, 2.75) is 37.0 Å². The van der Waals surface area contributed by atoms with Crippen molar-refractivity contribution in [3.8, 4) is 0 Å². The first-order valence-corrected chi connectivity index (χ1v) is 11.8. The fourth-order valence-electron chi connectivity index (χ4n) is 3.69. The summed E-state index contributed by atoms with van der Waals surface area (Å²) in [4.78, 5) is 19.1. The quantitative estimate of drug-likeness (QED) is 0.835. The molecule has 4 rings (SSSR count). The summed E-state index contributed by atoms with van der Waals surface area (Å²) in [6, 6.07) is 7.34. The van der Waals surface area contributed by atoms with Crippen LogP contribution < -0.4 is 5.32 Å². The molecular formula is C18H23N3O3S2. The number of nitrogens with one attached hydrogen (secondary N) is 1. The van der Waals surface area contributed by atoms with E-state index < -0.39 is 9.84 Å². The molecule has 140 valence electrons. The number of likely N-dealkylation sites (tertiary alicyclic amines) is 1. The van der Waals surface area contributed by atoms with E-state index in [2.05, 4.69) is 10.3 Å². The van der Waals surface area contributed by atoms with Crippen LogP contribution in [-0.2, 0) is 9.84 Å². The number of aliphatic imine (C=N–C) groups is 1. The van der Waals surface area contributed by atoms with Gasteiger partial charge in [0.15, 0.2) is 15.0 Å². The van der Waals surface area contributed by atoms with Gasteiger partial charge in [-0.1, -0.05) is 24.6 Å². The lowest BCUT2D eigenvalue weighted by Gasteiger charge is -2.20. The first kappa shape index (κ1) is 17.9. The highest BCUT2D eigenvalue weighted by atomic mass is 32.2. The van der Waals surface area contributed by atoms with E-state index in [4.69, 9.17) is 0 Å². The maximum absolute atomic E-state index is 12.6. The summed E-state index contributed by atoms with van der Waals surface area (Å²) in [5, 5.41) is 4.04. The predicted octanol–water partition coefficient (Wildman–Crippen LogP) is 2.38. The first-order chi connectivity index (χ1) is 12.5. The summed E-state index contributed by atoms with van der Waals surface area (Å²) in [6.45, 7) is 1.69. The molecule has 0 unspecified atom stereocenters. The van der Waals surface area contributed by atoms with Crippen molar-refractivity contribution >= 4 is 38.4 Å². The van der Waals surface area contributed by atoms with Gasteiger partial charge in [0.1, 0.15) is 0 Å². The number of benzene rings is 1. The molecule has 3 heterocycles. The topological polar surface area (TPSA) is 78.8 Å². The number of hydrogen-bond donors (Lipinski definition) is 1. The van der Waals surface area contributed by atoms with Crippen LogP contribution in [0.1, 0.15) is 36.0 Å². The van der Waals surface area contributed by atoms with E-state index in [0.717, 1.165) is 36.8 Å². The number of rotatable bonds is 2. The second-order valence-electron chi connectivity index (χ2n) is 7.14. The number of nitrogens with zero attached hydrogens (tertiary/aromatic N) is 2. The number of amidine groups is 1. The maximum Gasteiger partial charge on any atom is 0.253 e. The number of thioether (sulfide) groups is 1. The average molecular weight is 394 g/mol. The van der Waals surface area contributed by atoms with Crippen LogP contribution in [0.2, 0.25) is 0 Å². The lowest BCUT2D eigenvalue weighted by atomic mass is 10.1. The molecule has 6 nitrogen and oxygen atoms in total. The fourth-order valence-corrected chi connectivity index (χ4v) is 7.37. The van der Waals surface area contributed by atoms with Crippen LogP contribution in [0.25, 0.3) is 0 Å². The average Bonchev–Trinajstić information content (AvgIpc) is 2.95. The highest BCUT2D eigenvalue weighted by Gasteiger charge is 2.42. The molecule has 8 heteroatoms. The zero-order valence-corrected chi connectivity index (χ0v) is 16.2. The van der Waals surface area contributed by atoms with Crippen LogP contribution in [0.3, 0.4) is 0 Å². The fraction of sp³-hybridized carbons (Fsp3) is 0.556. The minimum Gasteiger partial charge on any atom is -0.339 e. The Hall–Kier alpha value is -1.54. The molecule has 1 N–H and O–H groups in total. The summed E-state index contributed by atoms with van der Waals surface area (Å²) >= 11 is 1.50. The van der Waals surface area contributed by atoms with Gasteiger partial charge in [0, 0.05) is 29.6 Å². The predicted molar refractivity (Wildman–Crippen MR) is 106 cm³/mol. The van der Waals surface area contributed by atoms with E-state index in [9.17, 15) is 13.2 Å². The molecule has 26 heavy (non-hydrogen) atoms. The Morgan fingerprint density at radius 1 is 1.08 bits per heavy atom. The Bertz CT molecular complexity index is 813. The molecule has 3 aliphatic heterocycles. The Kier molecular flexibility index (Phi) is 4.96. The minimum atomic E-state index is -2.93. The van der Waals surface area contributed by atoms with Crippen LogP contribution in [0.5, 0.6) is 0 Å². The molecule has 0 aromatic heterocycles. The van der Waals surface area contributed by atoms with E-state index in [1.165, 1.54) is 24.6 Å². The van der Waals surface area contributed by atoms with E-state index in [-0.39, 0.29) is 28.7 Å². The maximum atomic E-state index is 12.6. The molecule has 2 fully saturated rings. The van der Waals surface area contributed by atoms with Gasteiger partial charge in [-0.25, -0.2) is 8.42 Å². The number of carbonyl (C=O) groups excluding carboxylic acids is 1. The van der Waals surface area contributed by atoms with E-state index >= 15 is 0 Å². The van der Waals surface area contributed by atoms with Gasteiger partial charge in [-0.2, -0.15) is 0 Å². The highest BCUT2D eigenvalue weighted by Crippen LogP contribution is 2.34. The zero-order valence-electron chi connectivity index (χ0n) is 14.6. The Morgan fingerprint density at radius 3 is 2.42 bits per heavy atom. The van der Waals surface area contributed by atoms with Gasteiger partial charge in [0.05, 0.1) is 17.5 Å². The number of fused-ring (bicyclic) bond motifs is 1. The monoisotopic (exact) mass is 393 g/mol. The number of sulfone groups is 1. The molecule has 2 saturated heterocycles. The van der Waals surface area contributed by atoms with Crippen LogP contribution >= 0.6 is 11.8 Å². The van der Waals surface area contributed by atoms with Gasteiger partial charge in [-0.3, -0.25) is 9.79 Å². The molecule has 0 bridgehead atoms. The summed E-state index contributed by atoms with van der Waals surface area (Å²) in [5.41, 5.74) is 1.58. The third kappa shape index (κ3) is 3.91. The molecule has 0 radical (unpaired) electrons. The highest BCUT2D eigenvalue weighted by molar-refractivity contribution is 8.15. The normalized spacial score (nSPS) is 27.5. The van der Waals surface area contributed by atoms with E-state index in [1.807, 2.05) is 29.2 Å². The van der Waals surface area contributed by atoms with Crippen LogP contribution in [-0.4, -0.2) is 60.3 Å². The van der Waals surface area contributed by atoms with Gasteiger partial charge in [0.25, 0.3) is 5.91 Å². The van der Waals surface area contributed by atoms with Gasteiger partial charge in [-0.15, -0.1) is 0 Å².